The molecule has 0 radical (unpaired) electrons. The number of rotatable bonds is 6. The van der Waals surface area contributed by atoms with Crippen LogP contribution in [0.15, 0.2) is 48.5 Å². The van der Waals surface area contributed by atoms with Gasteiger partial charge in [0.15, 0.2) is 0 Å². The maximum Gasteiger partial charge on any atom is 0.264 e. The van der Waals surface area contributed by atoms with Gasteiger partial charge < -0.3 is 4.90 Å². The largest absolute Gasteiger partial charge is 0.333 e. The number of alkyl halides is 2. The van der Waals surface area contributed by atoms with E-state index in [1.165, 1.54) is 18.2 Å². The van der Waals surface area contributed by atoms with Gasteiger partial charge in [-0.05, 0) is 49.9 Å². The molecule has 0 spiro atoms. The predicted octanol–water partition coefficient (Wildman–Crippen LogP) is 5.51. The van der Waals surface area contributed by atoms with Crippen LogP contribution in [0.2, 0.25) is 5.02 Å². The van der Waals surface area contributed by atoms with E-state index < -0.39 is 6.43 Å². The highest BCUT2D eigenvalue weighted by Crippen LogP contribution is 2.33. The average molecular weight is 364 g/mol. The van der Waals surface area contributed by atoms with Crippen LogP contribution in [0.1, 0.15) is 47.7 Å². The van der Waals surface area contributed by atoms with E-state index in [0.29, 0.717) is 11.4 Å². The second kappa shape index (κ2) is 7.52. The molecule has 1 atom stereocenters. The van der Waals surface area contributed by atoms with Gasteiger partial charge in [0, 0.05) is 28.2 Å². The Morgan fingerprint density at radius 3 is 2.40 bits per heavy atom. The molecule has 2 aromatic rings. The fourth-order valence-corrected chi connectivity index (χ4v) is 3.29. The molecule has 2 nitrogen and oxygen atoms in total. The number of carbonyl (C=O) groups excluding carboxylic acids is 1. The Hall–Kier alpha value is -1.94. The van der Waals surface area contributed by atoms with Gasteiger partial charge in [0.2, 0.25) is 0 Å². The van der Waals surface area contributed by atoms with Crippen molar-refractivity contribution < 1.29 is 13.6 Å². The topological polar surface area (TPSA) is 20.3 Å². The van der Waals surface area contributed by atoms with Gasteiger partial charge in [-0.3, -0.25) is 4.79 Å². The minimum absolute atomic E-state index is 0.0769. The van der Waals surface area contributed by atoms with E-state index in [-0.39, 0.29) is 29.1 Å². The summed E-state index contributed by atoms with van der Waals surface area (Å²) in [6.45, 7) is 1.97. The Labute approximate surface area is 151 Å². The van der Waals surface area contributed by atoms with Gasteiger partial charge in [0.25, 0.3) is 12.3 Å². The fraction of sp³-hybridized carbons (Fsp3) is 0.350. The second-order valence-corrected chi connectivity index (χ2v) is 6.95. The van der Waals surface area contributed by atoms with Gasteiger partial charge in [0.1, 0.15) is 0 Å². The van der Waals surface area contributed by atoms with Gasteiger partial charge >= 0.3 is 0 Å². The number of halogens is 3. The van der Waals surface area contributed by atoms with Crippen molar-refractivity contribution in [1.29, 1.82) is 0 Å². The van der Waals surface area contributed by atoms with E-state index in [2.05, 4.69) is 0 Å². The maximum absolute atomic E-state index is 13.3. The molecule has 2 aromatic carbocycles. The third kappa shape index (κ3) is 4.18. The standard InChI is InChI=1S/C20H20ClF2NO/c1-13(12-14-6-8-15(21)9-7-14)24(16-10-11-16)20(25)18-5-3-2-4-17(18)19(22)23/h2-9,13,16,19H,10-12H2,1H3. The van der Waals surface area contributed by atoms with Crippen LogP contribution in [0.5, 0.6) is 0 Å². The van der Waals surface area contributed by atoms with E-state index >= 15 is 0 Å². The summed E-state index contributed by atoms with van der Waals surface area (Å²) in [6, 6.07) is 13.6. The van der Waals surface area contributed by atoms with E-state index in [1.54, 1.807) is 11.0 Å². The molecule has 1 unspecified atom stereocenters. The molecule has 0 heterocycles. The zero-order valence-electron chi connectivity index (χ0n) is 14.0. The molecule has 0 N–H and O–H groups in total. The summed E-state index contributed by atoms with van der Waals surface area (Å²) in [4.78, 5) is 14.8. The summed E-state index contributed by atoms with van der Waals surface area (Å²) in [5.74, 6) is -0.306. The summed E-state index contributed by atoms with van der Waals surface area (Å²) >= 11 is 5.91. The molecule has 1 amide bonds. The van der Waals surface area contributed by atoms with Crippen molar-refractivity contribution in [3.8, 4) is 0 Å². The summed E-state index contributed by atoms with van der Waals surface area (Å²) in [7, 11) is 0. The van der Waals surface area contributed by atoms with Gasteiger partial charge in [-0.1, -0.05) is 41.9 Å². The molecule has 0 bridgehead atoms. The maximum atomic E-state index is 13.3. The second-order valence-electron chi connectivity index (χ2n) is 6.51. The molecular weight excluding hydrogens is 344 g/mol. The van der Waals surface area contributed by atoms with E-state index in [4.69, 9.17) is 11.6 Å². The lowest BCUT2D eigenvalue weighted by molar-refractivity contribution is 0.0664. The first-order valence-electron chi connectivity index (χ1n) is 8.41. The van der Waals surface area contributed by atoms with Gasteiger partial charge in [-0.25, -0.2) is 8.78 Å². The summed E-state index contributed by atoms with van der Waals surface area (Å²) < 4.78 is 26.5. The van der Waals surface area contributed by atoms with Crippen molar-refractivity contribution in [2.45, 2.75) is 44.7 Å². The molecule has 25 heavy (non-hydrogen) atoms. The zero-order chi connectivity index (χ0) is 18.0. The highest BCUT2D eigenvalue weighted by atomic mass is 35.5. The third-order valence-electron chi connectivity index (χ3n) is 4.52. The van der Waals surface area contributed by atoms with Crippen LogP contribution in [-0.2, 0) is 6.42 Å². The summed E-state index contributed by atoms with van der Waals surface area (Å²) in [5, 5.41) is 0.664. The van der Waals surface area contributed by atoms with Crippen molar-refractivity contribution in [3.63, 3.8) is 0 Å². The smallest absolute Gasteiger partial charge is 0.264 e. The molecular formula is C20H20ClF2NO. The van der Waals surface area contributed by atoms with Crippen LogP contribution in [0, 0.1) is 0 Å². The fourth-order valence-electron chi connectivity index (χ4n) is 3.16. The predicted molar refractivity (Wildman–Crippen MR) is 95.2 cm³/mol. The van der Waals surface area contributed by atoms with Crippen LogP contribution in [0.3, 0.4) is 0 Å². The minimum Gasteiger partial charge on any atom is -0.333 e. The van der Waals surface area contributed by atoms with E-state index in [1.807, 2.05) is 31.2 Å². The number of carbonyl (C=O) groups is 1. The number of hydrogen-bond donors (Lipinski definition) is 0. The quantitative estimate of drug-likeness (QED) is 0.662. The molecule has 1 aliphatic carbocycles. The first kappa shape index (κ1) is 17.9. The molecule has 0 saturated heterocycles. The van der Waals surface area contributed by atoms with Crippen LogP contribution >= 0.6 is 11.6 Å². The molecule has 132 valence electrons. The SMILES string of the molecule is CC(Cc1ccc(Cl)cc1)N(C(=O)c1ccccc1C(F)F)C1CC1. The monoisotopic (exact) mass is 363 g/mol. The molecule has 1 fully saturated rings. The van der Waals surface area contributed by atoms with Crippen LogP contribution in [0.25, 0.3) is 0 Å². The Balaban J connectivity index is 1.83. The third-order valence-corrected chi connectivity index (χ3v) is 4.77. The molecule has 1 aliphatic rings. The van der Waals surface area contributed by atoms with Crippen molar-refractivity contribution >= 4 is 17.5 Å². The van der Waals surface area contributed by atoms with E-state index in [0.717, 1.165) is 18.4 Å². The van der Waals surface area contributed by atoms with Crippen LogP contribution in [0.4, 0.5) is 8.78 Å². The number of hydrogen-bond acceptors (Lipinski definition) is 1. The number of nitrogens with zero attached hydrogens (tertiary/aromatic N) is 1. The van der Waals surface area contributed by atoms with Gasteiger partial charge in [0.05, 0.1) is 0 Å². The first-order valence-corrected chi connectivity index (χ1v) is 8.79. The van der Waals surface area contributed by atoms with Crippen LogP contribution in [-0.4, -0.2) is 22.9 Å². The number of benzene rings is 2. The zero-order valence-corrected chi connectivity index (χ0v) is 14.7. The molecule has 5 heteroatoms. The lowest BCUT2D eigenvalue weighted by atomic mass is 10.0. The Kier molecular flexibility index (Phi) is 5.38. The minimum atomic E-state index is -2.66. The van der Waals surface area contributed by atoms with E-state index in [9.17, 15) is 13.6 Å². The van der Waals surface area contributed by atoms with Crippen molar-refractivity contribution in [2.75, 3.05) is 0 Å². The van der Waals surface area contributed by atoms with Crippen molar-refractivity contribution in [2.24, 2.45) is 0 Å². The van der Waals surface area contributed by atoms with Crippen LogP contribution < -0.4 is 0 Å². The van der Waals surface area contributed by atoms with Crippen molar-refractivity contribution in [1.82, 2.24) is 4.90 Å². The Bertz CT molecular complexity index is 744. The molecule has 0 aromatic heterocycles. The molecule has 0 aliphatic heterocycles. The lowest BCUT2D eigenvalue weighted by Crippen LogP contribution is -2.42. The normalized spacial score (nSPS) is 15.2. The molecule has 1 saturated carbocycles. The average Bonchev–Trinajstić information content (AvgIpc) is 3.42. The lowest BCUT2D eigenvalue weighted by Gasteiger charge is -2.30. The first-order chi connectivity index (χ1) is 12.0. The Morgan fingerprint density at radius 2 is 1.80 bits per heavy atom. The van der Waals surface area contributed by atoms with Gasteiger partial charge in [-0.2, -0.15) is 0 Å². The van der Waals surface area contributed by atoms with Crippen molar-refractivity contribution in [3.05, 3.63) is 70.2 Å². The van der Waals surface area contributed by atoms with Gasteiger partial charge in [-0.15, -0.1) is 0 Å². The molecule has 3 rings (SSSR count). The summed E-state index contributed by atoms with van der Waals surface area (Å²) in [6.07, 6.45) is -0.148. The summed E-state index contributed by atoms with van der Waals surface area (Å²) in [5.41, 5.74) is 0.974. The highest BCUT2D eigenvalue weighted by Gasteiger charge is 2.37. The number of amides is 1. The highest BCUT2D eigenvalue weighted by molar-refractivity contribution is 6.30. The Morgan fingerprint density at radius 1 is 1.16 bits per heavy atom.